The Hall–Kier alpha value is 1.30. The van der Waals surface area contributed by atoms with Crippen molar-refractivity contribution in [2.45, 2.75) is 0 Å². The van der Waals surface area contributed by atoms with Crippen LogP contribution < -0.4 is 8.32 Å². The Morgan fingerprint density at radius 1 is 1.33 bits per heavy atom. The van der Waals surface area contributed by atoms with Crippen LogP contribution in [0.4, 0.5) is 0 Å². The van der Waals surface area contributed by atoms with Gasteiger partial charge in [-0.3, -0.25) is 0 Å². The zero-order valence-corrected chi connectivity index (χ0v) is 6.10. The topological polar surface area (TPSA) is 63.2 Å². The van der Waals surface area contributed by atoms with Gasteiger partial charge < -0.3 is 0 Å². The molecule has 0 N–H and O–H groups in total. The fourth-order valence-corrected chi connectivity index (χ4v) is 0. The molecule has 0 aromatic carbocycles. The van der Waals surface area contributed by atoms with E-state index in [1.165, 1.54) is 0 Å². The SMILES string of the molecule is [Al+3].[Fe+2].[O]=[Cr]([O-])[O-]. The normalized spacial score (nSPS) is 5.83. The monoisotopic (exact) mass is 183 g/mol. The molecule has 0 saturated heterocycles. The summed E-state index contributed by atoms with van der Waals surface area (Å²) in [5, 5.41) is 0. The van der Waals surface area contributed by atoms with E-state index in [0.29, 0.717) is 0 Å². The molecule has 6 heavy (non-hydrogen) atoms. The summed E-state index contributed by atoms with van der Waals surface area (Å²) in [4.78, 5) is 0. The van der Waals surface area contributed by atoms with Crippen molar-refractivity contribution in [3.63, 3.8) is 0 Å². The summed E-state index contributed by atoms with van der Waals surface area (Å²) >= 11 is -3.79. The van der Waals surface area contributed by atoms with Gasteiger partial charge in [-0.2, -0.15) is 0 Å². The second-order valence-electron chi connectivity index (χ2n) is 0.204. The molecule has 0 aromatic heterocycles. The molecule has 0 aliphatic heterocycles. The Labute approximate surface area is 61.2 Å². The molecule has 0 radical (unpaired) electrons. The van der Waals surface area contributed by atoms with Gasteiger partial charge in [-0.1, -0.05) is 0 Å². The third kappa shape index (κ3) is 57.8. The molecule has 0 aromatic rings. The van der Waals surface area contributed by atoms with E-state index in [0.717, 1.165) is 0 Å². The van der Waals surface area contributed by atoms with E-state index < -0.39 is 14.8 Å². The molecule has 0 spiro atoms. The summed E-state index contributed by atoms with van der Waals surface area (Å²) in [6.07, 6.45) is 0. The first-order chi connectivity index (χ1) is 1.73. The molecule has 0 fully saturated rings. The predicted octanol–water partition coefficient (Wildman–Crippen LogP) is -2.88. The van der Waals surface area contributed by atoms with Crippen LogP contribution in [0.15, 0.2) is 0 Å². The van der Waals surface area contributed by atoms with E-state index in [9.17, 15) is 0 Å². The van der Waals surface area contributed by atoms with E-state index in [1.54, 1.807) is 0 Å². The van der Waals surface area contributed by atoms with Crippen LogP contribution in [-0.4, -0.2) is 17.4 Å². The van der Waals surface area contributed by atoms with Crippen molar-refractivity contribution in [3.8, 4) is 0 Å². The van der Waals surface area contributed by atoms with Crippen LogP contribution in [0.25, 0.3) is 0 Å². The summed E-state index contributed by atoms with van der Waals surface area (Å²) in [5.41, 5.74) is 0. The van der Waals surface area contributed by atoms with Gasteiger partial charge in [-0.15, -0.1) is 0 Å². The summed E-state index contributed by atoms with van der Waals surface area (Å²) in [6.45, 7) is 0. The van der Waals surface area contributed by atoms with Gasteiger partial charge in [0.25, 0.3) is 0 Å². The van der Waals surface area contributed by atoms with E-state index in [4.69, 9.17) is 12.1 Å². The number of rotatable bonds is 0. The van der Waals surface area contributed by atoms with Gasteiger partial charge in [0.2, 0.25) is 0 Å². The summed E-state index contributed by atoms with van der Waals surface area (Å²) in [7, 11) is 0. The van der Waals surface area contributed by atoms with Gasteiger partial charge >= 0.3 is 61.3 Å². The van der Waals surface area contributed by atoms with Crippen molar-refractivity contribution in [1.29, 1.82) is 0 Å². The third-order valence-electron chi connectivity index (χ3n) is 0. The quantitative estimate of drug-likeness (QED) is 0.378. The van der Waals surface area contributed by atoms with Crippen LogP contribution in [0.5, 0.6) is 0 Å². The Kier molecular flexibility index (Phi) is 25.0. The van der Waals surface area contributed by atoms with E-state index in [-0.39, 0.29) is 34.4 Å². The summed E-state index contributed by atoms with van der Waals surface area (Å²) in [5.74, 6) is 0. The molecule has 0 unspecified atom stereocenters. The fourth-order valence-electron chi connectivity index (χ4n) is 0. The molecule has 0 amide bonds. The Balaban J connectivity index is -0.0000000450. The second kappa shape index (κ2) is 9.57. The van der Waals surface area contributed by atoms with Crippen LogP contribution in [0.3, 0.4) is 0 Å². The van der Waals surface area contributed by atoms with Crippen LogP contribution in [-0.2, 0) is 35.6 Å². The summed E-state index contributed by atoms with van der Waals surface area (Å²) < 4.78 is 25.6. The van der Waals surface area contributed by atoms with Crippen molar-refractivity contribution >= 4 is 17.4 Å². The zero-order chi connectivity index (χ0) is 3.58. The van der Waals surface area contributed by atoms with Gasteiger partial charge in [0.1, 0.15) is 0 Å². The van der Waals surface area contributed by atoms with Crippen molar-refractivity contribution < 1.29 is 43.9 Å². The molecular weight excluding hydrogens is 183 g/mol. The molecule has 32 valence electrons. The maximum atomic E-state index is 8.54. The minimum atomic E-state index is -3.79. The molecule has 0 aliphatic rings. The van der Waals surface area contributed by atoms with Crippen molar-refractivity contribution in [2.24, 2.45) is 0 Å². The molecule has 0 bridgehead atoms. The Bertz CT molecular complexity index is 33.8. The van der Waals surface area contributed by atoms with Crippen molar-refractivity contribution in [2.75, 3.05) is 0 Å². The molecular formula is AlCrFeO3+3. The van der Waals surface area contributed by atoms with Crippen LogP contribution in [0, 0.1) is 0 Å². The van der Waals surface area contributed by atoms with Crippen molar-refractivity contribution in [1.82, 2.24) is 0 Å². The Morgan fingerprint density at radius 3 is 1.33 bits per heavy atom. The first-order valence-corrected chi connectivity index (χ1v) is 2.06. The van der Waals surface area contributed by atoms with Crippen LogP contribution in [0.1, 0.15) is 0 Å². The average Bonchev–Trinajstić information content (AvgIpc) is 0.811. The molecule has 0 atom stereocenters. The summed E-state index contributed by atoms with van der Waals surface area (Å²) in [6, 6.07) is 0. The Morgan fingerprint density at radius 2 is 1.33 bits per heavy atom. The van der Waals surface area contributed by atoms with Crippen LogP contribution in [0.2, 0.25) is 0 Å². The fraction of sp³-hybridized carbons (Fsp3) is 0. The van der Waals surface area contributed by atoms with Crippen molar-refractivity contribution in [3.05, 3.63) is 0 Å². The van der Waals surface area contributed by atoms with Gasteiger partial charge in [-0.05, 0) is 0 Å². The maximum absolute atomic E-state index is 8.54. The number of hydrogen-bond acceptors (Lipinski definition) is 3. The van der Waals surface area contributed by atoms with Gasteiger partial charge in [0, 0.05) is 0 Å². The standard InChI is InChI=1S/Al.Cr.Fe.3O/q+3;;+2;;2*-1. The molecule has 0 saturated carbocycles. The van der Waals surface area contributed by atoms with Gasteiger partial charge in [0.05, 0.1) is 0 Å². The number of hydrogen-bond donors (Lipinski definition) is 0. The average molecular weight is 183 g/mol. The predicted molar refractivity (Wildman–Crippen MR) is 6.44 cm³/mol. The molecule has 6 heteroatoms. The first kappa shape index (κ1) is 15.7. The van der Waals surface area contributed by atoms with E-state index in [2.05, 4.69) is 0 Å². The molecule has 3 nitrogen and oxygen atoms in total. The third-order valence-corrected chi connectivity index (χ3v) is 0. The van der Waals surface area contributed by atoms with E-state index >= 15 is 0 Å². The second-order valence-corrected chi connectivity index (χ2v) is 0.842. The van der Waals surface area contributed by atoms with Crippen LogP contribution >= 0.6 is 0 Å². The molecule has 0 rings (SSSR count). The zero-order valence-electron chi connectivity index (χ0n) is 2.56. The van der Waals surface area contributed by atoms with Gasteiger partial charge in [-0.25, -0.2) is 0 Å². The minimum absolute atomic E-state index is 0. The van der Waals surface area contributed by atoms with E-state index in [1.807, 2.05) is 0 Å². The van der Waals surface area contributed by atoms with Gasteiger partial charge in [0.15, 0.2) is 0 Å². The first-order valence-electron chi connectivity index (χ1n) is 0.500. The molecule has 0 heterocycles. The molecule has 0 aliphatic carbocycles.